The Morgan fingerprint density at radius 2 is 1.71 bits per heavy atom. The Balaban J connectivity index is 1.54. The molecular weight excluding hydrogens is 554 g/mol. The number of carbonyl (C=O) groups is 1. The highest BCUT2D eigenvalue weighted by Gasteiger charge is 2.15. The number of amides is 1. The molecule has 9 nitrogen and oxygen atoms in total. The molecule has 0 saturated heterocycles. The molecule has 0 unspecified atom stereocenters. The van der Waals surface area contributed by atoms with E-state index < -0.39 is 21.7 Å². The van der Waals surface area contributed by atoms with Gasteiger partial charge in [-0.2, -0.15) is 4.99 Å². The van der Waals surface area contributed by atoms with E-state index in [-0.39, 0.29) is 45.2 Å². The Kier molecular flexibility index (Phi) is 8.52. The number of nitrogens with zero attached hydrogens (tertiary/aromatic N) is 3. The van der Waals surface area contributed by atoms with Crippen LogP contribution in [-0.4, -0.2) is 36.7 Å². The Labute approximate surface area is 227 Å². The highest BCUT2D eigenvalue weighted by molar-refractivity contribution is 7.92. The van der Waals surface area contributed by atoms with Crippen LogP contribution in [0.25, 0.3) is 0 Å². The predicted molar refractivity (Wildman–Crippen MR) is 146 cm³/mol. The number of aromatic nitrogens is 2. The molecule has 2 heterocycles. The molecule has 0 saturated carbocycles. The number of nitrogens with one attached hydrogen (secondary N) is 3. The second-order valence-electron chi connectivity index (χ2n) is 7.71. The summed E-state index contributed by atoms with van der Waals surface area (Å²) in [5, 5.41) is 6.48. The zero-order valence-corrected chi connectivity index (χ0v) is 21.7. The van der Waals surface area contributed by atoms with Crippen LogP contribution in [0, 0.1) is 5.82 Å². The number of anilines is 3. The number of rotatable bonds is 8. The van der Waals surface area contributed by atoms with Crippen LogP contribution >= 0.6 is 23.2 Å². The smallest absolute Gasteiger partial charge is 0.278 e. The van der Waals surface area contributed by atoms with E-state index in [0.29, 0.717) is 5.02 Å². The van der Waals surface area contributed by atoms with Crippen molar-refractivity contribution in [1.29, 1.82) is 0 Å². The summed E-state index contributed by atoms with van der Waals surface area (Å²) in [6, 6.07) is 17.6. The maximum absolute atomic E-state index is 13.9. The van der Waals surface area contributed by atoms with Crippen molar-refractivity contribution < 1.29 is 17.6 Å². The van der Waals surface area contributed by atoms with Gasteiger partial charge in [-0.25, -0.2) is 17.8 Å². The number of sulfonamides is 1. The highest BCUT2D eigenvalue weighted by atomic mass is 35.5. The van der Waals surface area contributed by atoms with Crippen LogP contribution in [0.15, 0.2) is 95.1 Å². The van der Waals surface area contributed by atoms with E-state index in [4.69, 9.17) is 23.2 Å². The molecule has 4 aromatic rings. The largest absolute Gasteiger partial charge is 0.363 e. The normalized spacial score (nSPS) is 11.6. The average molecular weight is 573 g/mol. The molecule has 0 aliphatic carbocycles. The number of carbonyl (C=O) groups excluding carboxylic acids is 1. The van der Waals surface area contributed by atoms with Gasteiger partial charge in [-0.05, 0) is 66.7 Å². The second-order valence-corrected chi connectivity index (χ2v) is 10.3. The zero-order valence-electron chi connectivity index (χ0n) is 19.4. The van der Waals surface area contributed by atoms with Gasteiger partial charge < -0.3 is 10.6 Å². The number of halogens is 3. The third-order valence-corrected chi connectivity index (χ3v) is 6.66. The van der Waals surface area contributed by atoms with Crippen molar-refractivity contribution in [1.82, 2.24) is 9.97 Å². The highest BCUT2D eigenvalue weighted by Crippen LogP contribution is 2.19. The molecule has 3 N–H and O–H groups in total. The quantitative estimate of drug-likeness (QED) is 0.188. The lowest BCUT2D eigenvalue weighted by Gasteiger charge is -2.13. The van der Waals surface area contributed by atoms with Crippen LogP contribution in [0.4, 0.5) is 21.7 Å². The van der Waals surface area contributed by atoms with Gasteiger partial charge >= 0.3 is 0 Å². The maximum atomic E-state index is 13.9. The van der Waals surface area contributed by atoms with Gasteiger partial charge in [0, 0.05) is 33.7 Å². The van der Waals surface area contributed by atoms with Gasteiger partial charge in [0.05, 0.1) is 6.54 Å². The maximum Gasteiger partial charge on any atom is 0.278 e. The predicted octanol–water partition coefficient (Wildman–Crippen LogP) is 5.49. The fourth-order valence-electron chi connectivity index (χ4n) is 3.15. The van der Waals surface area contributed by atoms with Crippen LogP contribution in [0.2, 0.25) is 10.0 Å². The summed E-state index contributed by atoms with van der Waals surface area (Å²) in [5.74, 6) is -0.692. The van der Waals surface area contributed by atoms with E-state index in [1.165, 1.54) is 54.9 Å². The Bertz CT molecular complexity index is 1570. The molecule has 1 amide bonds. The Hall–Kier alpha value is -4.06. The first kappa shape index (κ1) is 27.0. The van der Waals surface area contributed by atoms with Gasteiger partial charge in [0.15, 0.2) is 0 Å². The average Bonchev–Trinajstić information content (AvgIpc) is 2.87. The van der Waals surface area contributed by atoms with Crippen molar-refractivity contribution in [3.05, 3.63) is 107 Å². The van der Waals surface area contributed by atoms with Gasteiger partial charge in [-0.3, -0.25) is 14.5 Å². The molecule has 13 heteroatoms. The van der Waals surface area contributed by atoms with Crippen LogP contribution in [-0.2, 0) is 10.0 Å². The third-order valence-electron chi connectivity index (χ3n) is 4.85. The number of pyridine rings is 2. The molecule has 0 aliphatic heterocycles. The molecule has 0 radical (unpaired) electrons. The van der Waals surface area contributed by atoms with Gasteiger partial charge in [0.2, 0.25) is 0 Å². The summed E-state index contributed by atoms with van der Waals surface area (Å²) in [4.78, 5) is 24.9. The molecule has 0 aliphatic rings. The Morgan fingerprint density at radius 1 is 0.947 bits per heavy atom. The molecule has 0 bridgehead atoms. The first-order valence-corrected chi connectivity index (χ1v) is 13.2. The lowest BCUT2D eigenvalue weighted by molar-refractivity contribution is 0.100. The Morgan fingerprint density at radius 3 is 2.42 bits per heavy atom. The van der Waals surface area contributed by atoms with E-state index in [1.807, 2.05) is 0 Å². The minimum absolute atomic E-state index is 0.0201. The molecular formula is C25H19Cl2FN6O3S. The van der Waals surface area contributed by atoms with Gasteiger partial charge in [-0.15, -0.1) is 0 Å². The SMILES string of the molecule is O=C(/N=C(\CNc1cccc(NS(=O)(=O)c2cccnc2)n1)Nc1cc(F)cc(Cl)c1)c1ccc(Cl)cc1. The van der Waals surface area contributed by atoms with E-state index >= 15 is 0 Å². The number of aliphatic imine (C=N–C) groups is 1. The van der Waals surface area contributed by atoms with Gasteiger partial charge in [-0.1, -0.05) is 29.3 Å². The van der Waals surface area contributed by atoms with Crippen LogP contribution < -0.4 is 15.4 Å². The monoisotopic (exact) mass is 572 g/mol. The lowest BCUT2D eigenvalue weighted by atomic mass is 10.2. The number of hydrogen-bond donors (Lipinski definition) is 3. The topological polar surface area (TPSA) is 125 Å². The lowest BCUT2D eigenvalue weighted by Crippen LogP contribution is -2.24. The standard InChI is InChI=1S/C25H19Cl2FN6O3S/c26-17-8-6-16(7-9-17)25(35)33-24(31-20-12-18(27)11-19(28)13-20)15-30-22-4-1-5-23(32-22)34-38(36,37)21-3-2-10-29-14-21/h1-14H,15H2,(H2,30,32,34)(H,31,33,35). The van der Waals surface area contributed by atoms with Crippen molar-refractivity contribution in [3.63, 3.8) is 0 Å². The van der Waals surface area contributed by atoms with E-state index in [0.717, 1.165) is 6.07 Å². The molecule has 38 heavy (non-hydrogen) atoms. The van der Waals surface area contributed by atoms with Crippen molar-refractivity contribution in [2.45, 2.75) is 4.90 Å². The van der Waals surface area contributed by atoms with E-state index in [2.05, 4.69) is 30.3 Å². The van der Waals surface area contributed by atoms with Crippen molar-refractivity contribution >= 4 is 62.3 Å². The molecule has 0 fully saturated rings. The molecule has 2 aromatic carbocycles. The number of hydrogen-bond acceptors (Lipinski definition) is 6. The third kappa shape index (κ3) is 7.48. The van der Waals surface area contributed by atoms with Gasteiger partial charge in [0.25, 0.3) is 15.9 Å². The summed E-state index contributed by atoms with van der Waals surface area (Å²) >= 11 is 11.8. The first-order valence-electron chi connectivity index (χ1n) is 10.9. The van der Waals surface area contributed by atoms with E-state index in [9.17, 15) is 17.6 Å². The zero-order chi connectivity index (χ0) is 27.1. The first-order chi connectivity index (χ1) is 18.2. The molecule has 194 valence electrons. The fraction of sp³-hybridized carbons (Fsp3) is 0.0400. The molecule has 0 spiro atoms. The van der Waals surface area contributed by atoms with Crippen LogP contribution in [0.5, 0.6) is 0 Å². The van der Waals surface area contributed by atoms with Crippen molar-refractivity contribution in [3.8, 4) is 0 Å². The van der Waals surface area contributed by atoms with Crippen LogP contribution in [0.3, 0.4) is 0 Å². The van der Waals surface area contributed by atoms with E-state index in [1.54, 1.807) is 24.3 Å². The van der Waals surface area contributed by atoms with Crippen molar-refractivity contribution in [2.75, 3.05) is 21.9 Å². The summed E-state index contributed by atoms with van der Waals surface area (Å²) in [7, 11) is -3.90. The molecule has 4 rings (SSSR count). The number of benzene rings is 2. The fourth-order valence-corrected chi connectivity index (χ4v) is 4.46. The minimum atomic E-state index is -3.90. The minimum Gasteiger partial charge on any atom is -0.363 e. The summed E-state index contributed by atoms with van der Waals surface area (Å²) in [5.41, 5.74) is 0.557. The summed E-state index contributed by atoms with van der Waals surface area (Å²) < 4.78 is 41.4. The molecule has 2 aromatic heterocycles. The molecule has 0 atom stereocenters. The number of amidine groups is 1. The van der Waals surface area contributed by atoms with Crippen molar-refractivity contribution in [2.24, 2.45) is 4.99 Å². The summed E-state index contributed by atoms with van der Waals surface area (Å²) in [6.07, 6.45) is 2.68. The summed E-state index contributed by atoms with van der Waals surface area (Å²) in [6.45, 7) is -0.0563. The van der Waals surface area contributed by atoms with Gasteiger partial charge in [0.1, 0.15) is 28.2 Å². The van der Waals surface area contributed by atoms with Crippen LogP contribution in [0.1, 0.15) is 10.4 Å². The second kappa shape index (κ2) is 12.0.